The first kappa shape index (κ1) is 17.0. The molecule has 0 bridgehead atoms. The molecule has 0 unspecified atom stereocenters. The summed E-state index contributed by atoms with van der Waals surface area (Å²) in [5.74, 6) is -3.50. The van der Waals surface area contributed by atoms with E-state index in [4.69, 9.17) is 29.0 Å². The Morgan fingerprint density at radius 1 is 1.26 bits per heavy atom. The summed E-state index contributed by atoms with van der Waals surface area (Å²) in [6.07, 6.45) is 0. The maximum absolute atomic E-state index is 13.9. The standard InChI is InChI=1S/C25H26ClN3O5/c1-15(16-8-6-5-7-9-16)27-24(32)25(2)14-33-21-18-12-17(26)10-11-19(18)34-22(21)23(31)29(25)13-20(30)28(3)4/h5-12,15H,13-14H2,1-4H3,(H,27,32)/t15-,25+/m0/s1/i3D3,4D3. The van der Waals surface area contributed by atoms with Crippen LogP contribution < -0.4 is 10.1 Å². The molecule has 0 radical (unpaired) electrons. The molecule has 34 heavy (non-hydrogen) atoms. The summed E-state index contributed by atoms with van der Waals surface area (Å²) in [5, 5.41) is 3.47. The molecule has 1 N–H and O–H groups in total. The fourth-order valence-corrected chi connectivity index (χ4v) is 3.96. The van der Waals surface area contributed by atoms with Crippen molar-refractivity contribution in [2.75, 3.05) is 27.1 Å². The molecule has 0 fully saturated rings. The summed E-state index contributed by atoms with van der Waals surface area (Å²) < 4.78 is 57.3. The summed E-state index contributed by atoms with van der Waals surface area (Å²) in [4.78, 5) is 41.4. The first-order valence-electron chi connectivity index (χ1n) is 13.4. The second kappa shape index (κ2) is 9.02. The minimum absolute atomic E-state index is 0.0175. The molecule has 3 amide bonds. The van der Waals surface area contributed by atoms with Crippen LogP contribution in [0.4, 0.5) is 0 Å². The van der Waals surface area contributed by atoms with Crippen LogP contribution >= 0.6 is 11.6 Å². The van der Waals surface area contributed by atoms with Crippen LogP contribution in [0.5, 0.6) is 5.75 Å². The molecule has 0 saturated heterocycles. The fraction of sp³-hybridized carbons (Fsp3) is 0.320. The molecule has 8 nitrogen and oxygen atoms in total. The smallest absolute Gasteiger partial charge is 0.295 e. The van der Waals surface area contributed by atoms with Gasteiger partial charge < -0.3 is 24.3 Å². The van der Waals surface area contributed by atoms with E-state index in [1.165, 1.54) is 25.1 Å². The molecule has 9 heteroatoms. The predicted octanol–water partition coefficient (Wildman–Crippen LogP) is 3.65. The normalized spacial score (nSPS) is 22.0. The number of ether oxygens (including phenoxy) is 1. The topological polar surface area (TPSA) is 92.1 Å². The fourth-order valence-electron chi connectivity index (χ4n) is 3.79. The number of likely N-dealkylation sites (N-methyl/N-ethyl adjacent to an activating group) is 1. The van der Waals surface area contributed by atoms with E-state index < -0.39 is 56.4 Å². The zero-order chi connectivity index (χ0) is 29.6. The van der Waals surface area contributed by atoms with E-state index in [-0.39, 0.29) is 22.0 Å². The summed E-state index contributed by atoms with van der Waals surface area (Å²) in [6, 6.07) is 13.0. The van der Waals surface area contributed by atoms with Crippen LogP contribution in [0.25, 0.3) is 11.0 Å². The van der Waals surface area contributed by atoms with Gasteiger partial charge in [0.25, 0.3) is 5.91 Å². The molecule has 2 atom stereocenters. The number of amides is 3. The molecular weight excluding hydrogens is 458 g/mol. The van der Waals surface area contributed by atoms with Crippen LogP contribution in [0.15, 0.2) is 52.9 Å². The second-order valence-electron chi connectivity index (χ2n) is 8.19. The van der Waals surface area contributed by atoms with Gasteiger partial charge in [0.15, 0.2) is 11.3 Å². The van der Waals surface area contributed by atoms with Gasteiger partial charge in [0.2, 0.25) is 17.6 Å². The number of furan rings is 1. The highest BCUT2D eigenvalue weighted by molar-refractivity contribution is 6.31. The zero-order valence-corrected chi connectivity index (χ0v) is 19.2. The van der Waals surface area contributed by atoms with Crippen molar-refractivity contribution >= 4 is 40.3 Å². The van der Waals surface area contributed by atoms with Crippen LogP contribution in [-0.4, -0.2) is 60.2 Å². The number of nitrogens with zero attached hydrogens (tertiary/aromatic N) is 2. The number of hydrogen-bond donors (Lipinski definition) is 1. The Labute approximate surface area is 210 Å². The average Bonchev–Trinajstić information content (AvgIpc) is 3.17. The number of rotatable bonds is 5. The minimum Gasteiger partial charge on any atom is -0.486 e. The van der Waals surface area contributed by atoms with Crippen molar-refractivity contribution in [1.29, 1.82) is 0 Å². The van der Waals surface area contributed by atoms with Crippen molar-refractivity contribution in [1.82, 2.24) is 15.1 Å². The van der Waals surface area contributed by atoms with Crippen LogP contribution in [0, 0.1) is 0 Å². The van der Waals surface area contributed by atoms with Crippen LogP contribution in [0.3, 0.4) is 0 Å². The third kappa shape index (κ3) is 4.21. The van der Waals surface area contributed by atoms with Crippen LogP contribution in [0.1, 0.15) is 44.2 Å². The second-order valence-corrected chi connectivity index (χ2v) is 8.63. The lowest BCUT2D eigenvalue weighted by Crippen LogP contribution is -2.63. The molecule has 2 aromatic carbocycles. The first-order chi connectivity index (χ1) is 18.5. The monoisotopic (exact) mass is 489 g/mol. The number of nitrogens with one attached hydrogen (secondary N) is 1. The molecule has 178 valence electrons. The summed E-state index contributed by atoms with van der Waals surface area (Å²) in [5.41, 5.74) is -0.907. The van der Waals surface area contributed by atoms with E-state index >= 15 is 0 Å². The Bertz CT molecular complexity index is 1440. The van der Waals surface area contributed by atoms with Crippen molar-refractivity contribution < 1.29 is 31.8 Å². The third-order valence-electron chi connectivity index (χ3n) is 5.82. The van der Waals surface area contributed by atoms with Gasteiger partial charge in [0.1, 0.15) is 18.7 Å². The number of halogens is 1. The predicted molar refractivity (Wildman–Crippen MR) is 128 cm³/mol. The van der Waals surface area contributed by atoms with Gasteiger partial charge in [-0.2, -0.15) is 0 Å². The van der Waals surface area contributed by atoms with E-state index in [1.807, 2.05) is 6.07 Å². The maximum atomic E-state index is 13.9. The number of fused-ring (bicyclic) bond motifs is 3. The Morgan fingerprint density at radius 2 is 2.00 bits per heavy atom. The molecule has 0 aliphatic carbocycles. The molecular formula is C25H26ClN3O5. The van der Waals surface area contributed by atoms with Crippen molar-refractivity contribution in [2.24, 2.45) is 0 Å². The van der Waals surface area contributed by atoms with Gasteiger partial charge in [-0.25, -0.2) is 0 Å². The van der Waals surface area contributed by atoms with Gasteiger partial charge >= 0.3 is 0 Å². The van der Waals surface area contributed by atoms with Gasteiger partial charge in [-0.05, 0) is 37.6 Å². The van der Waals surface area contributed by atoms with Gasteiger partial charge in [0.05, 0.1) is 11.4 Å². The SMILES string of the molecule is [2H]C([2H])([2H])N(C(=O)CN1C(=O)c2oc3ccc(Cl)cc3c2OC[C@]1(C)C(=O)N[C@@H](C)c1ccccc1)C([2H])([2H])[2H]. The maximum Gasteiger partial charge on any atom is 0.295 e. The molecule has 3 aromatic rings. The molecule has 1 aliphatic rings. The zero-order valence-electron chi connectivity index (χ0n) is 24.4. The third-order valence-corrected chi connectivity index (χ3v) is 6.05. The molecule has 1 aliphatic heterocycles. The van der Waals surface area contributed by atoms with E-state index in [9.17, 15) is 14.4 Å². The van der Waals surface area contributed by atoms with E-state index in [0.717, 1.165) is 10.5 Å². The molecule has 2 heterocycles. The number of benzene rings is 2. The highest BCUT2D eigenvalue weighted by Gasteiger charge is 2.49. The van der Waals surface area contributed by atoms with Crippen LogP contribution in [0.2, 0.25) is 5.02 Å². The van der Waals surface area contributed by atoms with Crippen molar-refractivity contribution in [3.05, 3.63) is 64.9 Å². The molecule has 1 aromatic heterocycles. The Balaban J connectivity index is 1.78. The average molecular weight is 490 g/mol. The Hall–Kier alpha value is -3.52. The largest absolute Gasteiger partial charge is 0.486 e. The van der Waals surface area contributed by atoms with Gasteiger partial charge in [0, 0.05) is 27.2 Å². The van der Waals surface area contributed by atoms with E-state index in [2.05, 4.69) is 5.32 Å². The van der Waals surface area contributed by atoms with Gasteiger partial charge in [-0.3, -0.25) is 14.4 Å². The lowest BCUT2D eigenvalue weighted by atomic mass is 9.97. The highest BCUT2D eigenvalue weighted by Crippen LogP contribution is 2.39. The van der Waals surface area contributed by atoms with Gasteiger partial charge in [-0.15, -0.1) is 0 Å². The quantitative estimate of drug-likeness (QED) is 0.590. The first-order valence-corrected chi connectivity index (χ1v) is 10.8. The Kier molecular flexibility index (Phi) is 4.51. The Morgan fingerprint density at radius 3 is 2.71 bits per heavy atom. The van der Waals surface area contributed by atoms with Crippen molar-refractivity contribution in [3.8, 4) is 5.75 Å². The lowest BCUT2D eigenvalue weighted by Gasteiger charge is -2.38. The van der Waals surface area contributed by atoms with E-state index in [1.54, 1.807) is 31.2 Å². The van der Waals surface area contributed by atoms with E-state index in [0.29, 0.717) is 10.4 Å². The molecule has 0 spiro atoms. The number of carbonyl (C=O) groups excluding carboxylic acids is 3. The van der Waals surface area contributed by atoms with Crippen molar-refractivity contribution in [2.45, 2.75) is 25.4 Å². The summed E-state index contributed by atoms with van der Waals surface area (Å²) >= 11 is 6.12. The lowest BCUT2D eigenvalue weighted by molar-refractivity contribution is -0.137. The highest BCUT2D eigenvalue weighted by atomic mass is 35.5. The van der Waals surface area contributed by atoms with Crippen LogP contribution in [-0.2, 0) is 9.59 Å². The minimum atomic E-state index is -3.35. The van der Waals surface area contributed by atoms with Gasteiger partial charge in [-0.1, -0.05) is 41.9 Å². The number of carbonyl (C=O) groups is 3. The summed E-state index contributed by atoms with van der Waals surface area (Å²) in [7, 11) is 0. The molecule has 4 rings (SSSR count). The number of hydrogen-bond acceptors (Lipinski definition) is 5. The summed E-state index contributed by atoms with van der Waals surface area (Å²) in [6.45, 7) is -5.20. The van der Waals surface area contributed by atoms with Crippen molar-refractivity contribution in [3.63, 3.8) is 0 Å². The molecule has 0 saturated carbocycles.